The number of carbonyl (C=O) groups excluding carboxylic acids is 2. The Bertz CT molecular complexity index is 1370. The quantitative estimate of drug-likeness (QED) is 0.391. The Labute approximate surface area is 190 Å². The minimum absolute atomic E-state index is 0.0111. The highest BCUT2D eigenvalue weighted by Crippen LogP contribution is 2.20. The third-order valence-electron chi connectivity index (χ3n) is 4.76. The van der Waals surface area contributed by atoms with Crippen molar-refractivity contribution in [2.75, 3.05) is 12.9 Å². The Hall–Kier alpha value is -3.22. The number of esters is 1. The number of benzene rings is 2. The van der Waals surface area contributed by atoms with E-state index in [2.05, 4.69) is 10.9 Å². The topological polar surface area (TPSA) is 94.8 Å². The van der Waals surface area contributed by atoms with Crippen LogP contribution in [0.15, 0.2) is 52.4 Å². The van der Waals surface area contributed by atoms with Crippen LogP contribution in [0.4, 0.5) is 0 Å². The Morgan fingerprint density at radius 2 is 1.91 bits per heavy atom. The Morgan fingerprint density at radius 1 is 1.19 bits per heavy atom. The molecule has 0 spiro atoms. The normalized spacial score (nSPS) is 12.0. The first-order chi connectivity index (χ1) is 15.2. The highest BCUT2D eigenvalue weighted by molar-refractivity contribution is 7.91. The third-order valence-corrected chi connectivity index (χ3v) is 7.62. The van der Waals surface area contributed by atoms with Gasteiger partial charge < -0.3 is 9.30 Å². The summed E-state index contributed by atoms with van der Waals surface area (Å²) in [5.41, 5.74) is 2.10. The summed E-state index contributed by atoms with van der Waals surface area (Å²) < 4.78 is 32.1. The van der Waals surface area contributed by atoms with E-state index in [1.807, 2.05) is 6.92 Å². The average molecular weight is 471 g/mol. The number of carbonyl (C=O) groups is 2. The molecule has 3 aromatic rings. The molecule has 0 aliphatic carbocycles. The maximum Gasteiger partial charge on any atom is 0.337 e. The van der Waals surface area contributed by atoms with Gasteiger partial charge in [0.1, 0.15) is 0 Å². The fourth-order valence-electron chi connectivity index (χ4n) is 3.09. The second kappa shape index (κ2) is 9.94. The van der Waals surface area contributed by atoms with Crippen LogP contribution in [0.2, 0.25) is 0 Å². The largest absolute Gasteiger partial charge is 0.465 e. The molecule has 0 radical (unpaired) electrons. The van der Waals surface area contributed by atoms with Crippen LogP contribution >= 0.6 is 11.3 Å². The van der Waals surface area contributed by atoms with Gasteiger partial charge in [-0.15, -0.1) is 6.42 Å². The molecular formula is C23H22N2O5S2. The van der Waals surface area contributed by atoms with Gasteiger partial charge in [-0.1, -0.05) is 35.0 Å². The molecule has 1 heterocycles. The Kier molecular flexibility index (Phi) is 7.28. The Morgan fingerprint density at radius 3 is 2.56 bits per heavy atom. The van der Waals surface area contributed by atoms with Gasteiger partial charge in [0.2, 0.25) is 5.91 Å². The summed E-state index contributed by atoms with van der Waals surface area (Å²) in [6, 6.07) is 11.6. The summed E-state index contributed by atoms with van der Waals surface area (Å²) in [6.45, 7) is 2.08. The van der Waals surface area contributed by atoms with Crippen molar-refractivity contribution in [3.63, 3.8) is 0 Å². The zero-order valence-corrected chi connectivity index (χ0v) is 19.3. The minimum Gasteiger partial charge on any atom is -0.465 e. The second-order valence-electron chi connectivity index (χ2n) is 7.09. The zero-order valence-electron chi connectivity index (χ0n) is 17.7. The molecule has 3 rings (SSSR count). The van der Waals surface area contributed by atoms with E-state index in [4.69, 9.17) is 11.2 Å². The number of nitrogens with zero attached hydrogens (tertiary/aromatic N) is 2. The van der Waals surface area contributed by atoms with Gasteiger partial charge in [-0.3, -0.25) is 4.79 Å². The van der Waals surface area contributed by atoms with Crippen molar-refractivity contribution in [3.8, 4) is 12.3 Å². The second-order valence-corrected chi connectivity index (χ2v) is 10.2. The van der Waals surface area contributed by atoms with Crippen LogP contribution in [-0.2, 0) is 25.9 Å². The van der Waals surface area contributed by atoms with E-state index < -0.39 is 21.7 Å². The lowest BCUT2D eigenvalue weighted by atomic mass is 10.2. The van der Waals surface area contributed by atoms with Crippen molar-refractivity contribution in [2.24, 2.45) is 4.99 Å². The molecule has 9 heteroatoms. The van der Waals surface area contributed by atoms with Crippen molar-refractivity contribution in [2.45, 2.75) is 31.2 Å². The van der Waals surface area contributed by atoms with Gasteiger partial charge in [0, 0.05) is 6.42 Å². The van der Waals surface area contributed by atoms with Gasteiger partial charge in [0.15, 0.2) is 14.6 Å². The predicted octanol–water partition coefficient (Wildman–Crippen LogP) is 3.11. The van der Waals surface area contributed by atoms with Gasteiger partial charge in [0.05, 0.1) is 40.1 Å². The molecular weight excluding hydrogens is 448 g/mol. The van der Waals surface area contributed by atoms with Gasteiger partial charge in [-0.25, -0.2) is 13.2 Å². The number of rotatable bonds is 7. The number of methoxy groups -OCH3 is 1. The molecule has 32 heavy (non-hydrogen) atoms. The lowest BCUT2D eigenvalue weighted by Gasteiger charge is -2.04. The monoisotopic (exact) mass is 470 g/mol. The molecule has 0 atom stereocenters. The van der Waals surface area contributed by atoms with Crippen molar-refractivity contribution in [1.82, 2.24) is 4.57 Å². The van der Waals surface area contributed by atoms with E-state index >= 15 is 0 Å². The average Bonchev–Trinajstić information content (AvgIpc) is 3.09. The first-order valence-corrected chi connectivity index (χ1v) is 12.2. The van der Waals surface area contributed by atoms with Gasteiger partial charge in [-0.05, 0) is 43.7 Å². The molecule has 0 N–H and O–H groups in total. The van der Waals surface area contributed by atoms with Crippen LogP contribution in [0.25, 0.3) is 10.2 Å². The van der Waals surface area contributed by atoms with Gasteiger partial charge in [-0.2, -0.15) is 4.99 Å². The van der Waals surface area contributed by atoms with Crippen LogP contribution < -0.4 is 4.80 Å². The van der Waals surface area contributed by atoms with E-state index in [0.29, 0.717) is 10.4 Å². The number of aromatic nitrogens is 1. The number of ether oxygens (including phenoxy) is 1. The molecule has 7 nitrogen and oxygen atoms in total. The molecule has 0 bridgehead atoms. The molecule has 0 aliphatic rings. The number of amides is 1. The molecule has 1 aromatic heterocycles. The van der Waals surface area contributed by atoms with Crippen molar-refractivity contribution < 1.29 is 22.7 Å². The highest BCUT2D eigenvalue weighted by atomic mass is 32.2. The number of sulfone groups is 1. The maximum absolute atomic E-state index is 12.4. The fraction of sp³-hybridized carbons (Fsp3) is 0.261. The first-order valence-electron chi connectivity index (χ1n) is 9.77. The minimum atomic E-state index is -3.47. The fourth-order valence-corrected chi connectivity index (χ4v) is 5.48. The lowest BCUT2D eigenvalue weighted by molar-refractivity contribution is -0.118. The highest BCUT2D eigenvalue weighted by Gasteiger charge is 2.15. The van der Waals surface area contributed by atoms with Gasteiger partial charge >= 0.3 is 5.97 Å². The number of aryl methyl sites for hydroxylation is 1. The third kappa shape index (κ3) is 5.33. The molecule has 2 aromatic carbocycles. The van der Waals surface area contributed by atoms with Crippen LogP contribution in [0.5, 0.6) is 0 Å². The molecule has 0 unspecified atom stereocenters. The maximum atomic E-state index is 12.4. The Balaban J connectivity index is 1.79. The molecule has 166 valence electrons. The van der Waals surface area contributed by atoms with Crippen LogP contribution in [0.3, 0.4) is 0 Å². The number of fused-ring (bicyclic) bond motifs is 1. The van der Waals surface area contributed by atoms with E-state index in [-0.39, 0.29) is 30.0 Å². The number of hydrogen-bond donors (Lipinski definition) is 0. The summed E-state index contributed by atoms with van der Waals surface area (Å²) in [7, 11) is -2.16. The van der Waals surface area contributed by atoms with Crippen molar-refractivity contribution in [3.05, 3.63) is 58.4 Å². The molecule has 0 aliphatic heterocycles. The molecule has 0 saturated carbocycles. The van der Waals surface area contributed by atoms with E-state index in [1.165, 1.54) is 18.4 Å². The van der Waals surface area contributed by atoms with Crippen molar-refractivity contribution >= 4 is 43.3 Å². The van der Waals surface area contributed by atoms with Crippen LogP contribution in [0.1, 0.15) is 28.8 Å². The van der Waals surface area contributed by atoms with Crippen LogP contribution in [0, 0.1) is 19.3 Å². The summed E-state index contributed by atoms with van der Waals surface area (Å²) in [5.74, 6) is 1.49. The SMILES string of the molecule is C#CCn1c(=NC(=O)CCCS(=O)(=O)c2ccc(C)cc2)sc2cc(C(=O)OC)ccc21. The number of hydrogen-bond acceptors (Lipinski definition) is 6. The summed E-state index contributed by atoms with van der Waals surface area (Å²) >= 11 is 1.23. The van der Waals surface area contributed by atoms with E-state index in [0.717, 1.165) is 15.8 Å². The number of thiazole rings is 1. The van der Waals surface area contributed by atoms with E-state index in [1.54, 1.807) is 47.0 Å². The number of terminal acetylenes is 1. The van der Waals surface area contributed by atoms with Crippen molar-refractivity contribution in [1.29, 1.82) is 0 Å². The smallest absolute Gasteiger partial charge is 0.337 e. The lowest BCUT2D eigenvalue weighted by Crippen LogP contribution is -2.17. The van der Waals surface area contributed by atoms with E-state index in [9.17, 15) is 18.0 Å². The summed E-state index contributed by atoms with van der Waals surface area (Å²) in [6.07, 6.45) is 5.62. The predicted molar refractivity (Wildman–Crippen MR) is 123 cm³/mol. The van der Waals surface area contributed by atoms with Crippen LogP contribution in [-0.4, -0.2) is 37.7 Å². The molecule has 0 fully saturated rings. The summed E-state index contributed by atoms with van der Waals surface area (Å²) in [4.78, 5) is 29.0. The molecule has 0 saturated heterocycles. The zero-order chi connectivity index (χ0) is 23.3. The first kappa shape index (κ1) is 23.4. The molecule has 1 amide bonds. The van der Waals surface area contributed by atoms with Gasteiger partial charge in [0.25, 0.3) is 0 Å². The summed E-state index contributed by atoms with van der Waals surface area (Å²) in [5, 5.41) is 0. The standard InChI is InChI=1S/C23H22N2O5S2/c1-4-13-25-19-12-9-17(22(27)30-3)15-20(19)31-23(25)24-21(26)6-5-14-32(28,29)18-10-7-16(2)8-11-18/h1,7-12,15H,5-6,13-14H2,2-3H3.